The molecule has 0 unspecified atom stereocenters. The number of methoxy groups -OCH3 is 1. The summed E-state index contributed by atoms with van der Waals surface area (Å²) in [6, 6.07) is 10.7. The first-order valence-corrected chi connectivity index (χ1v) is 8.31. The van der Waals surface area contributed by atoms with Crippen molar-refractivity contribution in [1.29, 1.82) is 0 Å². The van der Waals surface area contributed by atoms with Crippen LogP contribution in [0.15, 0.2) is 42.6 Å². The van der Waals surface area contributed by atoms with Gasteiger partial charge in [0, 0.05) is 32.0 Å². The molecule has 1 aliphatic carbocycles. The molecule has 0 spiro atoms. The first-order valence-electron chi connectivity index (χ1n) is 8.31. The van der Waals surface area contributed by atoms with Gasteiger partial charge in [0.1, 0.15) is 11.2 Å². The number of likely N-dealkylation sites (tertiary alicyclic amines) is 1. The predicted octanol–water partition coefficient (Wildman–Crippen LogP) is 1.21. The lowest BCUT2D eigenvalue weighted by Gasteiger charge is -2.54. The van der Waals surface area contributed by atoms with Crippen LogP contribution >= 0.6 is 0 Å². The number of nitrogens with one attached hydrogen (secondary N) is 2. The third-order valence-electron chi connectivity index (χ3n) is 5.30. The number of carbonyl (C=O) groups excluding carboxylic acids is 2. The summed E-state index contributed by atoms with van der Waals surface area (Å²) in [4.78, 5) is 26.8. The number of amides is 2. The van der Waals surface area contributed by atoms with E-state index in [-0.39, 0.29) is 17.4 Å². The van der Waals surface area contributed by atoms with Gasteiger partial charge in [-0.2, -0.15) is 5.10 Å². The van der Waals surface area contributed by atoms with Crippen LogP contribution in [0.3, 0.4) is 0 Å². The van der Waals surface area contributed by atoms with Gasteiger partial charge in [0.25, 0.3) is 11.8 Å². The Labute approximate surface area is 145 Å². The number of aromatic amines is 1. The van der Waals surface area contributed by atoms with E-state index in [4.69, 9.17) is 4.74 Å². The van der Waals surface area contributed by atoms with Gasteiger partial charge < -0.3 is 15.0 Å². The van der Waals surface area contributed by atoms with Gasteiger partial charge in [-0.3, -0.25) is 14.7 Å². The smallest absolute Gasteiger partial charge is 0.272 e. The van der Waals surface area contributed by atoms with Gasteiger partial charge in [-0.1, -0.05) is 18.2 Å². The Bertz CT molecular complexity index is 778. The second-order valence-electron chi connectivity index (χ2n) is 6.73. The van der Waals surface area contributed by atoms with E-state index in [1.807, 2.05) is 18.2 Å². The number of hydrogen-bond acceptors (Lipinski definition) is 4. The summed E-state index contributed by atoms with van der Waals surface area (Å²) in [5, 5.41) is 9.65. The maximum absolute atomic E-state index is 12.7. The summed E-state index contributed by atoms with van der Waals surface area (Å²) in [5.74, 6) is -0.258. The Kier molecular flexibility index (Phi) is 3.61. The van der Waals surface area contributed by atoms with Crippen molar-refractivity contribution in [3.8, 4) is 0 Å². The van der Waals surface area contributed by atoms with Crippen LogP contribution in [0.2, 0.25) is 0 Å². The molecule has 2 amide bonds. The molecule has 1 saturated carbocycles. The van der Waals surface area contributed by atoms with Crippen LogP contribution in [0.25, 0.3) is 0 Å². The number of rotatable bonds is 5. The second-order valence-corrected chi connectivity index (χ2v) is 6.73. The Hall–Kier alpha value is -2.67. The SMILES string of the molecule is COC1(C2(NC(=O)c3ccccc3)CN(C(=O)c3ccn[nH]3)C2)CC1. The molecule has 2 heterocycles. The van der Waals surface area contributed by atoms with Crippen LogP contribution in [0.1, 0.15) is 33.7 Å². The quantitative estimate of drug-likeness (QED) is 0.856. The Balaban J connectivity index is 1.53. The van der Waals surface area contributed by atoms with Crippen molar-refractivity contribution >= 4 is 11.8 Å². The average molecular weight is 340 g/mol. The third-order valence-corrected chi connectivity index (χ3v) is 5.30. The molecule has 4 rings (SSSR count). The topological polar surface area (TPSA) is 87.3 Å². The average Bonchev–Trinajstić information content (AvgIpc) is 3.22. The summed E-state index contributed by atoms with van der Waals surface area (Å²) in [7, 11) is 1.67. The number of ether oxygens (including phenoxy) is 1. The number of H-pyrrole nitrogens is 1. The Morgan fingerprint density at radius 2 is 1.92 bits per heavy atom. The van der Waals surface area contributed by atoms with E-state index < -0.39 is 5.54 Å². The minimum atomic E-state index is -0.551. The van der Waals surface area contributed by atoms with Crippen LogP contribution in [0.4, 0.5) is 0 Å². The fourth-order valence-corrected chi connectivity index (χ4v) is 3.65. The van der Waals surface area contributed by atoms with Gasteiger partial charge in [-0.05, 0) is 31.0 Å². The van der Waals surface area contributed by atoms with Gasteiger partial charge in [-0.25, -0.2) is 0 Å². The van der Waals surface area contributed by atoms with Crippen LogP contribution < -0.4 is 5.32 Å². The molecular formula is C18H20N4O3. The molecule has 1 aliphatic heterocycles. The van der Waals surface area contributed by atoms with Gasteiger partial charge in [0.2, 0.25) is 0 Å². The van der Waals surface area contributed by atoms with Crippen LogP contribution in [-0.2, 0) is 4.74 Å². The lowest BCUT2D eigenvalue weighted by atomic mass is 9.80. The van der Waals surface area contributed by atoms with Crippen molar-refractivity contribution in [3.05, 3.63) is 53.9 Å². The molecule has 0 radical (unpaired) electrons. The predicted molar refractivity (Wildman–Crippen MR) is 90.1 cm³/mol. The van der Waals surface area contributed by atoms with Gasteiger partial charge in [-0.15, -0.1) is 0 Å². The van der Waals surface area contributed by atoms with E-state index in [1.54, 1.807) is 36.4 Å². The fourth-order valence-electron chi connectivity index (χ4n) is 3.65. The molecule has 2 aromatic rings. The van der Waals surface area contributed by atoms with Crippen molar-refractivity contribution in [2.24, 2.45) is 0 Å². The standard InChI is InChI=1S/C18H20N4O3/c1-25-18(8-9-18)17(20-15(23)13-5-3-2-4-6-13)11-22(12-17)16(24)14-7-10-19-21-14/h2-7,10H,8-9,11-12H2,1H3,(H,19,21)(H,20,23). The summed E-state index contributed by atoms with van der Waals surface area (Å²) < 4.78 is 5.74. The highest BCUT2D eigenvalue weighted by Crippen LogP contribution is 2.51. The number of hydrogen-bond donors (Lipinski definition) is 2. The van der Waals surface area contributed by atoms with E-state index in [0.717, 1.165) is 12.8 Å². The van der Waals surface area contributed by atoms with E-state index in [0.29, 0.717) is 24.3 Å². The minimum Gasteiger partial charge on any atom is -0.376 e. The lowest BCUT2D eigenvalue weighted by molar-refractivity contribution is -0.0710. The zero-order valence-corrected chi connectivity index (χ0v) is 14.0. The van der Waals surface area contributed by atoms with Crippen molar-refractivity contribution in [3.63, 3.8) is 0 Å². The summed E-state index contributed by atoms with van der Waals surface area (Å²) in [6.45, 7) is 0.856. The van der Waals surface area contributed by atoms with Gasteiger partial charge in [0.05, 0.1) is 5.60 Å². The largest absolute Gasteiger partial charge is 0.376 e. The van der Waals surface area contributed by atoms with Crippen molar-refractivity contribution < 1.29 is 14.3 Å². The summed E-state index contributed by atoms with van der Waals surface area (Å²) in [6.07, 6.45) is 3.31. The molecule has 0 bridgehead atoms. The molecule has 25 heavy (non-hydrogen) atoms. The summed E-state index contributed by atoms with van der Waals surface area (Å²) in [5.41, 5.74) is 0.115. The number of nitrogens with zero attached hydrogens (tertiary/aromatic N) is 2. The summed E-state index contributed by atoms with van der Waals surface area (Å²) >= 11 is 0. The van der Waals surface area contributed by atoms with Crippen LogP contribution in [0, 0.1) is 0 Å². The maximum atomic E-state index is 12.7. The molecule has 1 saturated heterocycles. The molecular weight excluding hydrogens is 320 g/mol. The second kappa shape index (κ2) is 5.70. The van der Waals surface area contributed by atoms with Crippen molar-refractivity contribution in [1.82, 2.24) is 20.4 Å². The van der Waals surface area contributed by atoms with E-state index in [2.05, 4.69) is 15.5 Å². The monoisotopic (exact) mass is 340 g/mol. The highest BCUT2D eigenvalue weighted by molar-refractivity contribution is 5.96. The van der Waals surface area contributed by atoms with E-state index >= 15 is 0 Å². The highest BCUT2D eigenvalue weighted by Gasteiger charge is 2.66. The zero-order valence-electron chi connectivity index (χ0n) is 14.0. The Morgan fingerprint density at radius 1 is 1.20 bits per heavy atom. The number of aromatic nitrogens is 2. The molecule has 2 fully saturated rings. The fraction of sp³-hybridized carbons (Fsp3) is 0.389. The van der Waals surface area contributed by atoms with Crippen LogP contribution in [0.5, 0.6) is 0 Å². The molecule has 2 N–H and O–H groups in total. The minimum absolute atomic E-state index is 0.117. The molecule has 130 valence electrons. The Morgan fingerprint density at radius 3 is 2.48 bits per heavy atom. The zero-order chi connectivity index (χ0) is 17.5. The van der Waals surface area contributed by atoms with Crippen molar-refractivity contribution in [2.45, 2.75) is 24.0 Å². The molecule has 2 aliphatic rings. The number of carbonyl (C=O) groups is 2. The molecule has 0 atom stereocenters. The lowest BCUT2D eigenvalue weighted by Crippen LogP contribution is -2.77. The van der Waals surface area contributed by atoms with Gasteiger partial charge in [0.15, 0.2) is 0 Å². The normalized spacial score (nSPS) is 19.8. The first-order chi connectivity index (χ1) is 12.1. The molecule has 7 nitrogen and oxygen atoms in total. The molecule has 1 aromatic carbocycles. The van der Waals surface area contributed by atoms with E-state index in [9.17, 15) is 9.59 Å². The number of benzene rings is 1. The van der Waals surface area contributed by atoms with E-state index in [1.165, 1.54) is 0 Å². The maximum Gasteiger partial charge on any atom is 0.272 e. The van der Waals surface area contributed by atoms with Gasteiger partial charge >= 0.3 is 0 Å². The van der Waals surface area contributed by atoms with Crippen LogP contribution in [-0.4, -0.2) is 58.3 Å². The highest BCUT2D eigenvalue weighted by atomic mass is 16.5. The van der Waals surface area contributed by atoms with Crippen molar-refractivity contribution in [2.75, 3.05) is 20.2 Å². The first kappa shape index (κ1) is 15.8. The molecule has 7 heteroatoms. The third kappa shape index (κ3) is 2.51. The molecule has 1 aromatic heterocycles.